The highest BCUT2D eigenvalue weighted by Crippen LogP contribution is 2.28. The van der Waals surface area contributed by atoms with Gasteiger partial charge >= 0.3 is 5.63 Å². The SMILES string of the molecule is Cc1ccc2oc(=O)c(CN3CCc4nc(-c5ccncc5)[nH]c(=O)c4C3)c(Cl)c2c1. The Morgan fingerprint density at radius 2 is 2.00 bits per heavy atom. The smallest absolute Gasteiger partial charge is 0.342 e. The number of aromatic nitrogens is 3. The number of nitrogens with zero attached hydrogens (tertiary/aromatic N) is 3. The van der Waals surface area contributed by atoms with Crippen molar-refractivity contribution in [2.75, 3.05) is 6.54 Å². The van der Waals surface area contributed by atoms with E-state index in [1.807, 2.05) is 36.1 Å². The molecule has 0 radical (unpaired) electrons. The number of fused-ring (bicyclic) bond motifs is 2. The van der Waals surface area contributed by atoms with Crippen LogP contribution in [0.2, 0.25) is 5.02 Å². The molecule has 4 aromatic rings. The van der Waals surface area contributed by atoms with Crippen LogP contribution >= 0.6 is 11.6 Å². The highest BCUT2D eigenvalue weighted by atomic mass is 35.5. The lowest BCUT2D eigenvalue weighted by atomic mass is 10.1. The second-order valence-electron chi connectivity index (χ2n) is 7.72. The molecule has 31 heavy (non-hydrogen) atoms. The van der Waals surface area contributed by atoms with Crippen LogP contribution in [0.4, 0.5) is 0 Å². The minimum atomic E-state index is -0.452. The van der Waals surface area contributed by atoms with Crippen molar-refractivity contribution in [1.29, 1.82) is 0 Å². The summed E-state index contributed by atoms with van der Waals surface area (Å²) in [7, 11) is 0. The number of aromatic amines is 1. The quantitative estimate of drug-likeness (QED) is 0.496. The minimum absolute atomic E-state index is 0.172. The molecular formula is C23H19ClN4O3. The Morgan fingerprint density at radius 1 is 1.19 bits per heavy atom. The summed E-state index contributed by atoms with van der Waals surface area (Å²) in [5.41, 5.74) is 3.48. The largest absolute Gasteiger partial charge is 0.422 e. The summed E-state index contributed by atoms with van der Waals surface area (Å²) in [5, 5.41) is 1.12. The number of benzene rings is 1. The number of aryl methyl sites for hydroxylation is 1. The molecule has 0 saturated heterocycles. The number of H-pyrrole nitrogens is 1. The fourth-order valence-corrected chi connectivity index (χ4v) is 4.22. The highest BCUT2D eigenvalue weighted by Gasteiger charge is 2.24. The maximum atomic E-state index is 12.8. The van der Waals surface area contributed by atoms with Gasteiger partial charge in [0.2, 0.25) is 0 Å². The van der Waals surface area contributed by atoms with Gasteiger partial charge in [-0.2, -0.15) is 0 Å². The number of halogens is 1. The van der Waals surface area contributed by atoms with Crippen molar-refractivity contribution in [2.24, 2.45) is 0 Å². The molecule has 8 heteroatoms. The second-order valence-corrected chi connectivity index (χ2v) is 8.10. The average molecular weight is 435 g/mol. The Morgan fingerprint density at radius 3 is 2.81 bits per heavy atom. The molecule has 1 N–H and O–H groups in total. The first-order valence-electron chi connectivity index (χ1n) is 9.96. The van der Waals surface area contributed by atoms with E-state index < -0.39 is 5.63 Å². The summed E-state index contributed by atoms with van der Waals surface area (Å²) < 4.78 is 5.48. The van der Waals surface area contributed by atoms with Crippen molar-refractivity contribution in [3.05, 3.63) is 90.9 Å². The third kappa shape index (κ3) is 3.66. The van der Waals surface area contributed by atoms with E-state index in [2.05, 4.69) is 15.0 Å². The number of rotatable bonds is 3. The van der Waals surface area contributed by atoms with Gasteiger partial charge in [-0.05, 0) is 31.2 Å². The van der Waals surface area contributed by atoms with Crippen LogP contribution in [0.25, 0.3) is 22.4 Å². The molecule has 156 valence electrons. The molecule has 0 unspecified atom stereocenters. The Balaban J connectivity index is 1.46. The van der Waals surface area contributed by atoms with Crippen LogP contribution in [-0.2, 0) is 19.5 Å². The summed E-state index contributed by atoms with van der Waals surface area (Å²) in [5.74, 6) is 0.535. The zero-order chi connectivity index (χ0) is 21.5. The molecule has 0 bridgehead atoms. The number of hydrogen-bond donors (Lipinski definition) is 1. The van der Waals surface area contributed by atoms with Crippen LogP contribution in [0.5, 0.6) is 0 Å². The molecule has 0 aliphatic carbocycles. The van der Waals surface area contributed by atoms with Gasteiger partial charge in [0.25, 0.3) is 5.56 Å². The molecule has 1 aliphatic rings. The molecule has 0 atom stereocenters. The van der Waals surface area contributed by atoms with Crippen molar-refractivity contribution >= 4 is 22.6 Å². The van der Waals surface area contributed by atoms with Crippen molar-refractivity contribution in [2.45, 2.75) is 26.4 Å². The molecule has 7 nitrogen and oxygen atoms in total. The first-order valence-corrected chi connectivity index (χ1v) is 10.3. The lowest BCUT2D eigenvalue weighted by molar-refractivity contribution is 0.239. The van der Waals surface area contributed by atoms with E-state index in [-0.39, 0.29) is 5.56 Å². The monoisotopic (exact) mass is 434 g/mol. The Hall–Kier alpha value is -3.29. The van der Waals surface area contributed by atoms with E-state index >= 15 is 0 Å². The van der Waals surface area contributed by atoms with Crippen molar-refractivity contribution in [3.63, 3.8) is 0 Å². The van der Waals surface area contributed by atoms with Crippen molar-refractivity contribution < 1.29 is 4.42 Å². The molecule has 3 aromatic heterocycles. The first-order chi connectivity index (χ1) is 15.0. The van der Waals surface area contributed by atoms with Gasteiger partial charge in [-0.25, -0.2) is 9.78 Å². The summed E-state index contributed by atoms with van der Waals surface area (Å²) in [6.07, 6.45) is 3.93. The van der Waals surface area contributed by atoms with Gasteiger partial charge < -0.3 is 9.40 Å². The van der Waals surface area contributed by atoms with Gasteiger partial charge in [-0.3, -0.25) is 14.7 Å². The Kier molecular flexibility index (Phi) is 4.92. The van der Waals surface area contributed by atoms with Gasteiger partial charge in [0, 0.05) is 49.4 Å². The summed E-state index contributed by atoms with van der Waals surface area (Å²) in [4.78, 5) is 38.9. The summed E-state index contributed by atoms with van der Waals surface area (Å²) >= 11 is 6.59. The Labute approximate surface area is 182 Å². The van der Waals surface area contributed by atoms with Crippen molar-refractivity contribution in [3.8, 4) is 11.4 Å². The molecule has 0 fully saturated rings. The standard InChI is InChI=1S/C23H19ClN4O3/c1-13-2-3-19-15(10-13)20(24)17(23(30)31-19)12-28-9-6-18-16(11-28)22(29)27-21(26-18)14-4-7-25-8-5-14/h2-5,7-8,10H,6,9,11-12H2,1H3,(H,26,27,29). The fraction of sp³-hybridized carbons (Fsp3) is 0.217. The predicted molar refractivity (Wildman–Crippen MR) is 118 cm³/mol. The molecule has 5 rings (SSSR count). The lowest BCUT2D eigenvalue weighted by Crippen LogP contribution is -2.36. The minimum Gasteiger partial charge on any atom is -0.422 e. The Bertz CT molecular complexity index is 1410. The van der Waals surface area contributed by atoms with Crippen LogP contribution in [0.1, 0.15) is 22.4 Å². The lowest BCUT2D eigenvalue weighted by Gasteiger charge is -2.27. The summed E-state index contributed by atoms with van der Waals surface area (Å²) in [6, 6.07) is 9.16. The van der Waals surface area contributed by atoms with Crippen LogP contribution in [-0.4, -0.2) is 26.4 Å². The van der Waals surface area contributed by atoms with Gasteiger partial charge in [-0.1, -0.05) is 23.2 Å². The first kappa shape index (κ1) is 19.7. The molecular weight excluding hydrogens is 416 g/mol. The third-order valence-electron chi connectivity index (χ3n) is 5.57. The maximum absolute atomic E-state index is 12.8. The van der Waals surface area contributed by atoms with Crippen LogP contribution in [0.15, 0.2) is 56.7 Å². The fourth-order valence-electron chi connectivity index (χ4n) is 3.94. The van der Waals surface area contributed by atoms with Crippen LogP contribution in [0, 0.1) is 6.92 Å². The number of hydrogen-bond acceptors (Lipinski definition) is 6. The molecule has 0 amide bonds. The molecule has 0 spiro atoms. The van der Waals surface area contributed by atoms with Gasteiger partial charge in [-0.15, -0.1) is 0 Å². The molecule has 0 saturated carbocycles. The summed E-state index contributed by atoms with van der Waals surface area (Å²) in [6.45, 7) is 3.30. The molecule has 1 aromatic carbocycles. The normalized spacial score (nSPS) is 14.0. The van der Waals surface area contributed by atoms with Crippen LogP contribution in [0.3, 0.4) is 0 Å². The predicted octanol–water partition coefficient (Wildman–Crippen LogP) is 3.46. The van der Waals surface area contributed by atoms with Gasteiger partial charge in [0.1, 0.15) is 11.4 Å². The molecule has 4 heterocycles. The van der Waals surface area contributed by atoms with Gasteiger partial charge in [0.05, 0.1) is 21.8 Å². The third-order valence-corrected chi connectivity index (χ3v) is 6.00. The van der Waals surface area contributed by atoms with E-state index in [0.717, 1.165) is 22.2 Å². The van der Waals surface area contributed by atoms with E-state index in [4.69, 9.17) is 16.0 Å². The average Bonchev–Trinajstić information content (AvgIpc) is 2.78. The topological polar surface area (TPSA) is 92.1 Å². The van der Waals surface area contributed by atoms with E-state index in [9.17, 15) is 9.59 Å². The zero-order valence-electron chi connectivity index (χ0n) is 16.8. The van der Waals surface area contributed by atoms with Crippen molar-refractivity contribution in [1.82, 2.24) is 19.9 Å². The maximum Gasteiger partial charge on any atom is 0.342 e. The number of pyridine rings is 1. The van der Waals surface area contributed by atoms with E-state index in [1.165, 1.54) is 0 Å². The van der Waals surface area contributed by atoms with Gasteiger partial charge in [0.15, 0.2) is 0 Å². The van der Waals surface area contributed by atoms with Crippen LogP contribution < -0.4 is 11.2 Å². The van der Waals surface area contributed by atoms with E-state index in [1.54, 1.807) is 18.5 Å². The highest BCUT2D eigenvalue weighted by molar-refractivity contribution is 6.36. The number of nitrogens with one attached hydrogen (secondary N) is 1. The molecule has 1 aliphatic heterocycles. The van der Waals surface area contributed by atoms with E-state index in [0.29, 0.717) is 53.6 Å². The second kappa shape index (κ2) is 7.76. The zero-order valence-corrected chi connectivity index (χ0v) is 17.6.